The molecule has 0 aliphatic carbocycles. The summed E-state index contributed by atoms with van der Waals surface area (Å²) in [6, 6.07) is 4.41. The SMILES string of the molecule is COc1cc(C(=O)Nc2ncc(Cc3ccc(F)cc3F)s2)c([N+](=O)[O-])c(OC)c1OC. The van der Waals surface area contributed by atoms with Crippen LogP contribution in [-0.4, -0.2) is 37.1 Å². The number of thiazole rings is 1. The number of nitrogens with zero attached hydrogens (tertiary/aromatic N) is 2. The molecular formula is C20H17F2N3O6S. The number of carbonyl (C=O) groups is 1. The molecule has 0 fully saturated rings. The third-order valence-corrected chi connectivity index (χ3v) is 5.30. The Morgan fingerprint density at radius 3 is 2.47 bits per heavy atom. The number of halogens is 2. The molecule has 0 saturated carbocycles. The molecule has 1 N–H and O–H groups in total. The molecule has 1 heterocycles. The van der Waals surface area contributed by atoms with Crippen molar-refractivity contribution in [1.82, 2.24) is 4.98 Å². The number of nitro benzene ring substituents is 1. The minimum Gasteiger partial charge on any atom is -0.493 e. The van der Waals surface area contributed by atoms with Crippen LogP contribution in [0, 0.1) is 21.7 Å². The van der Waals surface area contributed by atoms with Crippen LogP contribution in [0.3, 0.4) is 0 Å². The Bertz CT molecular complexity index is 1180. The number of methoxy groups -OCH3 is 3. The van der Waals surface area contributed by atoms with Gasteiger partial charge in [-0.15, -0.1) is 11.3 Å². The zero-order valence-corrected chi connectivity index (χ0v) is 17.9. The van der Waals surface area contributed by atoms with Crippen LogP contribution in [0.15, 0.2) is 30.5 Å². The molecule has 32 heavy (non-hydrogen) atoms. The fourth-order valence-corrected chi connectivity index (χ4v) is 3.79. The highest BCUT2D eigenvalue weighted by Crippen LogP contribution is 2.46. The summed E-state index contributed by atoms with van der Waals surface area (Å²) in [5.41, 5.74) is -0.674. The summed E-state index contributed by atoms with van der Waals surface area (Å²) in [4.78, 5) is 28.4. The average molecular weight is 465 g/mol. The van der Waals surface area contributed by atoms with E-state index < -0.39 is 28.2 Å². The van der Waals surface area contributed by atoms with Gasteiger partial charge in [-0.25, -0.2) is 13.8 Å². The third-order valence-electron chi connectivity index (χ3n) is 4.38. The Morgan fingerprint density at radius 1 is 1.16 bits per heavy atom. The smallest absolute Gasteiger partial charge is 0.327 e. The van der Waals surface area contributed by atoms with Crippen molar-refractivity contribution in [3.63, 3.8) is 0 Å². The molecule has 0 unspecified atom stereocenters. The number of nitro groups is 1. The van der Waals surface area contributed by atoms with Crippen LogP contribution in [0.1, 0.15) is 20.8 Å². The molecule has 168 valence electrons. The maximum absolute atomic E-state index is 13.9. The molecule has 0 spiro atoms. The summed E-state index contributed by atoms with van der Waals surface area (Å²) in [6.45, 7) is 0. The molecule has 0 atom stereocenters. The quantitative estimate of drug-likeness (QED) is 0.392. The first-order valence-electron chi connectivity index (χ1n) is 8.96. The number of ether oxygens (including phenoxy) is 3. The first-order valence-corrected chi connectivity index (χ1v) is 9.78. The van der Waals surface area contributed by atoms with Crippen LogP contribution in [0.25, 0.3) is 0 Å². The largest absolute Gasteiger partial charge is 0.493 e. The lowest BCUT2D eigenvalue weighted by atomic mass is 10.1. The molecule has 12 heteroatoms. The van der Waals surface area contributed by atoms with Crippen LogP contribution < -0.4 is 19.5 Å². The van der Waals surface area contributed by atoms with Gasteiger partial charge in [0.2, 0.25) is 11.5 Å². The van der Waals surface area contributed by atoms with Gasteiger partial charge in [-0.05, 0) is 11.6 Å². The van der Waals surface area contributed by atoms with E-state index in [4.69, 9.17) is 14.2 Å². The van der Waals surface area contributed by atoms with Crippen molar-refractivity contribution < 1.29 is 32.7 Å². The van der Waals surface area contributed by atoms with E-state index in [1.807, 2.05) is 0 Å². The van der Waals surface area contributed by atoms with E-state index in [1.165, 1.54) is 33.6 Å². The van der Waals surface area contributed by atoms with E-state index in [0.717, 1.165) is 29.5 Å². The predicted octanol–water partition coefficient (Wildman–Crippen LogP) is 4.20. The van der Waals surface area contributed by atoms with Crippen molar-refractivity contribution in [1.29, 1.82) is 0 Å². The second kappa shape index (κ2) is 9.56. The fourth-order valence-electron chi connectivity index (χ4n) is 2.96. The van der Waals surface area contributed by atoms with Gasteiger partial charge in [0.15, 0.2) is 10.9 Å². The second-order valence-electron chi connectivity index (χ2n) is 6.30. The molecular weight excluding hydrogens is 448 g/mol. The fraction of sp³-hybridized carbons (Fsp3) is 0.200. The van der Waals surface area contributed by atoms with Crippen LogP contribution in [-0.2, 0) is 6.42 Å². The average Bonchev–Trinajstić information content (AvgIpc) is 3.20. The Balaban J connectivity index is 1.90. The van der Waals surface area contributed by atoms with Gasteiger partial charge >= 0.3 is 5.69 Å². The van der Waals surface area contributed by atoms with Gasteiger partial charge in [0.25, 0.3) is 5.91 Å². The maximum Gasteiger partial charge on any atom is 0.327 e. The molecule has 0 aliphatic rings. The number of hydrogen-bond donors (Lipinski definition) is 1. The first kappa shape index (κ1) is 22.9. The molecule has 3 aromatic rings. The zero-order chi connectivity index (χ0) is 23.4. The van der Waals surface area contributed by atoms with Crippen molar-refractivity contribution >= 4 is 28.1 Å². The molecule has 3 rings (SSSR count). The number of nitrogens with one attached hydrogen (secondary N) is 1. The molecule has 0 saturated heterocycles. The number of anilines is 1. The predicted molar refractivity (Wildman–Crippen MR) is 112 cm³/mol. The first-order chi connectivity index (χ1) is 15.3. The summed E-state index contributed by atoms with van der Waals surface area (Å²) >= 11 is 1.04. The van der Waals surface area contributed by atoms with E-state index >= 15 is 0 Å². The van der Waals surface area contributed by atoms with Crippen LogP contribution in [0.2, 0.25) is 0 Å². The zero-order valence-electron chi connectivity index (χ0n) is 17.1. The molecule has 1 aromatic heterocycles. The van der Waals surface area contributed by atoms with E-state index in [1.54, 1.807) is 0 Å². The van der Waals surface area contributed by atoms with Gasteiger partial charge in [-0.3, -0.25) is 20.2 Å². The van der Waals surface area contributed by atoms with Crippen LogP contribution in [0.5, 0.6) is 17.2 Å². The summed E-state index contributed by atoms with van der Waals surface area (Å²) < 4.78 is 42.3. The number of hydrogen-bond acceptors (Lipinski definition) is 8. The number of rotatable bonds is 8. The number of carbonyl (C=O) groups excluding carboxylic acids is 1. The Labute approximate surface area is 184 Å². The van der Waals surface area contributed by atoms with E-state index in [-0.39, 0.29) is 39.9 Å². The summed E-state index contributed by atoms with van der Waals surface area (Å²) in [5.74, 6) is -2.45. The highest BCUT2D eigenvalue weighted by molar-refractivity contribution is 7.15. The maximum atomic E-state index is 13.9. The lowest BCUT2D eigenvalue weighted by molar-refractivity contribution is -0.386. The lowest BCUT2D eigenvalue weighted by Crippen LogP contribution is -2.15. The van der Waals surface area contributed by atoms with E-state index in [0.29, 0.717) is 4.88 Å². The second-order valence-corrected chi connectivity index (χ2v) is 7.41. The molecule has 0 bridgehead atoms. The lowest BCUT2D eigenvalue weighted by Gasteiger charge is -2.14. The molecule has 0 aliphatic heterocycles. The van der Waals surface area contributed by atoms with Crippen molar-refractivity contribution in [3.8, 4) is 17.2 Å². The molecule has 1 amide bonds. The van der Waals surface area contributed by atoms with E-state index in [9.17, 15) is 23.7 Å². The third kappa shape index (κ3) is 4.59. The van der Waals surface area contributed by atoms with Crippen molar-refractivity contribution in [2.24, 2.45) is 0 Å². The van der Waals surface area contributed by atoms with Crippen molar-refractivity contribution in [3.05, 3.63) is 68.2 Å². The number of amides is 1. The van der Waals surface area contributed by atoms with Gasteiger partial charge < -0.3 is 14.2 Å². The van der Waals surface area contributed by atoms with Gasteiger partial charge in [0.05, 0.1) is 26.3 Å². The van der Waals surface area contributed by atoms with Crippen molar-refractivity contribution in [2.45, 2.75) is 6.42 Å². The van der Waals surface area contributed by atoms with Gasteiger partial charge in [0, 0.05) is 29.6 Å². The Morgan fingerprint density at radius 2 is 1.88 bits per heavy atom. The summed E-state index contributed by atoms with van der Waals surface area (Å²) in [5, 5.41) is 14.3. The monoisotopic (exact) mass is 465 g/mol. The minimum absolute atomic E-state index is 0.0314. The molecule has 9 nitrogen and oxygen atoms in total. The highest BCUT2D eigenvalue weighted by atomic mass is 32.1. The Hall–Kier alpha value is -3.80. The van der Waals surface area contributed by atoms with Crippen molar-refractivity contribution in [2.75, 3.05) is 26.6 Å². The molecule has 2 aromatic carbocycles. The highest BCUT2D eigenvalue weighted by Gasteiger charge is 2.32. The number of aromatic nitrogens is 1. The standard InChI is InChI=1S/C20H17F2N3O6S/c1-29-15-8-13(16(25(27)28)18(31-3)17(15)30-2)19(26)24-20-23-9-12(32-20)6-10-4-5-11(21)7-14(10)22/h4-5,7-9H,6H2,1-3H3,(H,23,24,26). The van der Waals surface area contributed by atoms with Crippen LogP contribution in [0.4, 0.5) is 19.6 Å². The molecule has 0 radical (unpaired) electrons. The Kier molecular flexibility index (Phi) is 6.83. The van der Waals surface area contributed by atoms with Gasteiger partial charge in [0.1, 0.15) is 17.2 Å². The van der Waals surface area contributed by atoms with Gasteiger partial charge in [-0.1, -0.05) is 6.07 Å². The van der Waals surface area contributed by atoms with Crippen LogP contribution >= 0.6 is 11.3 Å². The normalized spacial score (nSPS) is 10.5. The van der Waals surface area contributed by atoms with E-state index in [2.05, 4.69) is 10.3 Å². The summed E-state index contributed by atoms with van der Waals surface area (Å²) in [6.07, 6.45) is 1.55. The van der Waals surface area contributed by atoms with Gasteiger partial charge in [-0.2, -0.15) is 0 Å². The summed E-state index contributed by atoms with van der Waals surface area (Å²) in [7, 11) is 3.80. The topological polar surface area (TPSA) is 113 Å². The number of benzene rings is 2. The minimum atomic E-state index is -0.829.